The van der Waals surface area contributed by atoms with Gasteiger partial charge in [-0.15, -0.1) is 0 Å². The summed E-state index contributed by atoms with van der Waals surface area (Å²) in [6.45, 7) is 1.55. The third-order valence-electron chi connectivity index (χ3n) is 3.76. The second-order valence-electron chi connectivity index (χ2n) is 5.14. The van der Waals surface area contributed by atoms with Gasteiger partial charge in [-0.3, -0.25) is 4.79 Å². The van der Waals surface area contributed by atoms with Gasteiger partial charge in [0, 0.05) is 24.0 Å². The zero-order valence-electron chi connectivity index (χ0n) is 11.1. The lowest BCUT2D eigenvalue weighted by molar-refractivity contribution is -0.129. The van der Waals surface area contributed by atoms with Crippen molar-refractivity contribution in [2.24, 2.45) is 0 Å². The van der Waals surface area contributed by atoms with Crippen molar-refractivity contribution in [1.82, 2.24) is 4.90 Å². The molecule has 20 heavy (non-hydrogen) atoms. The van der Waals surface area contributed by atoms with E-state index in [4.69, 9.17) is 16.0 Å². The fraction of sp³-hybridized carbons (Fsp3) is 0.312. The molecule has 104 valence electrons. The quantitative estimate of drug-likeness (QED) is 0.866. The summed E-state index contributed by atoms with van der Waals surface area (Å²) in [6, 6.07) is 11.3. The molecule has 0 aliphatic carbocycles. The predicted molar refractivity (Wildman–Crippen MR) is 77.8 cm³/mol. The number of carbonyl (C=O) groups is 1. The minimum absolute atomic E-state index is 0.168. The van der Waals surface area contributed by atoms with Crippen LogP contribution in [0.4, 0.5) is 0 Å². The fourth-order valence-corrected chi connectivity index (χ4v) is 2.76. The third kappa shape index (κ3) is 2.88. The van der Waals surface area contributed by atoms with Crippen molar-refractivity contribution in [3.05, 3.63) is 59.0 Å². The van der Waals surface area contributed by atoms with Gasteiger partial charge in [-0.2, -0.15) is 0 Å². The van der Waals surface area contributed by atoms with Crippen molar-refractivity contribution in [2.45, 2.75) is 18.8 Å². The minimum atomic E-state index is 0.168. The van der Waals surface area contributed by atoms with Crippen molar-refractivity contribution >= 4 is 17.5 Å². The molecule has 1 aromatic carbocycles. The Hall–Kier alpha value is -1.74. The van der Waals surface area contributed by atoms with E-state index < -0.39 is 0 Å². The van der Waals surface area contributed by atoms with Crippen LogP contribution < -0.4 is 0 Å². The van der Waals surface area contributed by atoms with E-state index in [0.717, 1.165) is 30.8 Å². The van der Waals surface area contributed by atoms with Crippen LogP contribution >= 0.6 is 11.6 Å². The monoisotopic (exact) mass is 289 g/mol. The van der Waals surface area contributed by atoms with Gasteiger partial charge in [-0.1, -0.05) is 23.7 Å². The van der Waals surface area contributed by atoms with Crippen LogP contribution in [-0.4, -0.2) is 23.9 Å². The number of hydrogen-bond acceptors (Lipinski definition) is 2. The summed E-state index contributed by atoms with van der Waals surface area (Å²) >= 11 is 5.85. The molecule has 2 aromatic rings. The highest BCUT2D eigenvalue weighted by molar-refractivity contribution is 6.30. The number of amides is 1. The molecular weight excluding hydrogens is 274 g/mol. The maximum atomic E-state index is 12.3. The molecule has 0 saturated carbocycles. The average molecular weight is 290 g/mol. The minimum Gasteiger partial charge on any atom is -0.469 e. The van der Waals surface area contributed by atoms with Crippen LogP contribution in [0.3, 0.4) is 0 Å². The SMILES string of the molecule is O=C(Cc1ccc(Cl)cc1)N1CCC(c2ccco2)C1. The zero-order chi connectivity index (χ0) is 13.9. The van der Waals surface area contributed by atoms with Gasteiger partial charge in [0.05, 0.1) is 12.7 Å². The first-order valence-corrected chi connectivity index (χ1v) is 7.16. The maximum absolute atomic E-state index is 12.3. The van der Waals surface area contributed by atoms with Crippen LogP contribution in [0.25, 0.3) is 0 Å². The molecule has 1 aliphatic heterocycles. The Kier molecular flexibility index (Phi) is 3.79. The van der Waals surface area contributed by atoms with Gasteiger partial charge in [0.15, 0.2) is 0 Å². The molecule has 3 rings (SSSR count). The number of hydrogen-bond donors (Lipinski definition) is 0. The smallest absolute Gasteiger partial charge is 0.227 e. The van der Waals surface area contributed by atoms with E-state index in [1.165, 1.54) is 0 Å². The van der Waals surface area contributed by atoms with Gasteiger partial charge in [-0.05, 0) is 36.2 Å². The molecule has 1 saturated heterocycles. The van der Waals surface area contributed by atoms with Crippen molar-refractivity contribution in [2.75, 3.05) is 13.1 Å². The molecule has 1 fully saturated rings. The summed E-state index contributed by atoms with van der Waals surface area (Å²) in [5.74, 6) is 1.48. The van der Waals surface area contributed by atoms with Crippen LogP contribution in [0, 0.1) is 0 Å². The van der Waals surface area contributed by atoms with Crippen molar-refractivity contribution in [3.63, 3.8) is 0 Å². The molecule has 1 aliphatic rings. The standard InChI is InChI=1S/C16H16ClNO2/c17-14-5-3-12(4-6-14)10-16(19)18-8-7-13(11-18)15-2-1-9-20-15/h1-6,9,13H,7-8,10-11H2. The number of benzene rings is 1. The second-order valence-corrected chi connectivity index (χ2v) is 5.58. The molecule has 3 nitrogen and oxygen atoms in total. The molecule has 1 atom stereocenters. The van der Waals surface area contributed by atoms with E-state index in [-0.39, 0.29) is 5.91 Å². The normalized spacial score (nSPS) is 18.4. The number of carbonyl (C=O) groups excluding carboxylic acids is 1. The molecule has 0 N–H and O–H groups in total. The summed E-state index contributed by atoms with van der Waals surface area (Å²) in [7, 11) is 0. The van der Waals surface area contributed by atoms with Gasteiger partial charge >= 0.3 is 0 Å². The van der Waals surface area contributed by atoms with E-state index in [2.05, 4.69) is 0 Å². The van der Waals surface area contributed by atoms with Crippen molar-refractivity contribution in [1.29, 1.82) is 0 Å². The predicted octanol–water partition coefficient (Wildman–Crippen LogP) is 3.49. The van der Waals surface area contributed by atoms with Crippen LogP contribution in [0.1, 0.15) is 23.7 Å². The summed E-state index contributed by atoms with van der Waals surface area (Å²) in [6.07, 6.45) is 3.09. The molecule has 0 radical (unpaired) electrons. The lowest BCUT2D eigenvalue weighted by atomic mass is 10.1. The van der Waals surface area contributed by atoms with Crippen LogP contribution in [0.15, 0.2) is 47.1 Å². The van der Waals surface area contributed by atoms with Crippen molar-refractivity contribution in [3.8, 4) is 0 Å². The van der Waals surface area contributed by atoms with Crippen LogP contribution in [0.5, 0.6) is 0 Å². The molecule has 0 bridgehead atoms. The molecular formula is C16H16ClNO2. The number of rotatable bonds is 3. The Labute approximate surface area is 123 Å². The van der Waals surface area contributed by atoms with E-state index >= 15 is 0 Å². The lowest BCUT2D eigenvalue weighted by Crippen LogP contribution is -2.29. The first kappa shape index (κ1) is 13.3. The van der Waals surface area contributed by atoms with Gasteiger partial charge in [0.2, 0.25) is 5.91 Å². The largest absolute Gasteiger partial charge is 0.469 e. The molecule has 0 spiro atoms. The molecule has 1 aromatic heterocycles. The third-order valence-corrected chi connectivity index (χ3v) is 4.01. The molecule has 2 heterocycles. The first-order chi connectivity index (χ1) is 9.72. The Morgan fingerprint density at radius 3 is 2.80 bits per heavy atom. The summed E-state index contributed by atoms with van der Waals surface area (Å²) in [5.41, 5.74) is 1.00. The summed E-state index contributed by atoms with van der Waals surface area (Å²) in [5, 5.41) is 0.695. The highest BCUT2D eigenvalue weighted by Crippen LogP contribution is 2.27. The topological polar surface area (TPSA) is 33.5 Å². The van der Waals surface area contributed by atoms with Gasteiger partial charge in [0.1, 0.15) is 5.76 Å². The van der Waals surface area contributed by atoms with E-state index in [1.807, 2.05) is 41.3 Å². The summed E-state index contributed by atoms with van der Waals surface area (Å²) in [4.78, 5) is 14.2. The van der Waals surface area contributed by atoms with Crippen molar-refractivity contribution < 1.29 is 9.21 Å². The van der Waals surface area contributed by atoms with Gasteiger partial charge < -0.3 is 9.32 Å². The van der Waals surface area contributed by atoms with E-state index in [9.17, 15) is 4.79 Å². The van der Waals surface area contributed by atoms with Crippen LogP contribution in [0.2, 0.25) is 5.02 Å². The fourth-order valence-electron chi connectivity index (χ4n) is 2.63. The number of halogens is 1. The average Bonchev–Trinajstić information content (AvgIpc) is 3.11. The highest BCUT2D eigenvalue weighted by Gasteiger charge is 2.28. The van der Waals surface area contributed by atoms with E-state index in [0.29, 0.717) is 17.4 Å². The van der Waals surface area contributed by atoms with Gasteiger partial charge in [0.25, 0.3) is 0 Å². The zero-order valence-corrected chi connectivity index (χ0v) is 11.8. The maximum Gasteiger partial charge on any atom is 0.227 e. The second kappa shape index (κ2) is 5.71. The van der Waals surface area contributed by atoms with Gasteiger partial charge in [-0.25, -0.2) is 0 Å². The van der Waals surface area contributed by atoms with Crippen LogP contribution in [-0.2, 0) is 11.2 Å². The molecule has 4 heteroatoms. The number of nitrogens with zero attached hydrogens (tertiary/aromatic N) is 1. The Bertz CT molecular complexity index is 577. The van der Waals surface area contributed by atoms with E-state index in [1.54, 1.807) is 6.26 Å². The number of furan rings is 1. The Morgan fingerprint density at radius 2 is 2.10 bits per heavy atom. The highest BCUT2D eigenvalue weighted by atomic mass is 35.5. The first-order valence-electron chi connectivity index (χ1n) is 6.78. The molecule has 1 amide bonds. The Balaban J connectivity index is 1.60. The number of likely N-dealkylation sites (tertiary alicyclic amines) is 1. The lowest BCUT2D eigenvalue weighted by Gasteiger charge is -2.16. The molecule has 1 unspecified atom stereocenters. The Morgan fingerprint density at radius 1 is 1.30 bits per heavy atom. The summed E-state index contributed by atoms with van der Waals surface area (Å²) < 4.78 is 5.42.